The van der Waals surface area contributed by atoms with Gasteiger partial charge in [-0.2, -0.15) is 0 Å². The molecule has 4 saturated carbocycles. The van der Waals surface area contributed by atoms with Gasteiger partial charge in [-0.3, -0.25) is 9.59 Å². The van der Waals surface area contributed by atoms with Gasteiger partial charge in [-0.15, -0.1) is 0 Å². The summed E-state index contributed by atoms with van der Waals surface area (Å²) in [6, 6.07) is 0.0871. The van der Waals surface area contributed by atoms with Crippen molar-refractivity contribution < 1.29 is 9.59 Å². The molecule has 0 aromatic heterocycles. The highest BCUT2D eigenvalue weighted by atomic mass is 16.2. The van der Waals surface area contributed by atoms with Gasteiger partial charge in [-0.1, -0.05) is 0 Å². The number of carbonyl (C=O) groups excluding carboxylic acids is 2. The molecule has 0 aromatic rings. The molecule has 2 amide bonds. The van der Waals surface area contributed by atoms with Crippen LogP contribution in [0.3, 0.4) is 0 Å². The molecule has 2 N–H and O–H groups in total. The quantitative estimate of drug-likeness (QED) is 0.818. The van der Waals surface area contributed by atoms with Crippen LogP contribution in [-0.2, 0) is 9.59 Å². The van der Waals surface area contributed by atoms with Gasteiger partial charge in [0.2, 0.25) is 11.8 Å². The lowest BCUT2D eigenvalue weighted by atomic mass is 9.54. The Balaban J connectivity index is 1.25. The molecule has 2 atom stereocenters. The second-order valence-electron chi connectivity index (χ2n) is 9.30. The molecule has 6 fully saturated rings. The molecule has 138 valence electrons. The summed E-state index contributed by atoms with van der Waals surface area (Å²) in [7, 11) is 0. The number of hydrogen-bond donors (Lipinski definition) is 2. The number of carbonyl (C=O) groups is 2. The summed E-state index contributed by atoms with van der Waals surface area (Å²) >= 11 is 0. The van der Waals surface area contributed by atoms with Gasteiger partial charge >= 0.3 is 0 Å². The molecule has 2 heterocycles. The van der Waals surface area contributed by atoms with Gasteiger partial charge in [-0.05, 0) is 88.0 Å². The fourth-order valence-electron chi connectivity index (χ4n) is 6.82. The number of rotatable bonds is 3. The molecule has 2 saturated heterocycles. The molecule has 4 aliphatic carbocycles. The van der Waals surface area contributed by atoms with E-state index >= 15 is 0 Å². The van der Waals surface area contributed by atoms with Gasteiger partial charge in [0.25, 0.3) is 0 Å². The number of nitrogens with zero attached hydrogens (tertiary/aromatic N) is 1. The normalized spacial score (nSPS) is 45.1. The van der Waals surface area contributed by atoms with E-state index < -0.39 is 0 Å². The summed E-state index contributed by atoms with van der Waals surface area (Å²) in [5.41, 5.74) is 0. The molecule has 6 rings (SSSR count). The number of hydrogen-bond acceptors (Lipinski definition) is 3. The van der Waals surface area contributed by atoms with Crippen LogP contribution in [0.1, 0.15) is 57.8 Å². The van der Waals surface area contributed by atoms with Gasteiger partial charge in [0.05, 0.1) is 6.04 Å². The molecule has 0 unspecified atom stereocenters. The Kier molecular flexibility index (Phi) is 4.03. The van der Waals surface area contributed by atoms with E-state index in [0.717, 1.165) is 50.6 Å². The largest absolute Gasteiger partial charge is 0.351 e. The van der Waals surface area contributed by atoms with E-state index in [1.807, 2.05) is 4.90 Å². The molecule has 4 bridgehead atoms. The standard InChI is InChI=1S/C20H31N3O2/c24-19(17-4-2-6-23(17)20(25)16-3-1-5-21-16)22-18-14-8-12-7-13(10-14)11-15(18)9-12/h12-18,21H,1-11H2,(H,22,24)/t12?,13?,14?,15?,16-,17+,18?/m0/s1. The van der Waals surface area contributed by atoms with Crippen LogP contribution in [-0.4, -0.2) is 47.9 Å². The maximum Gasteiger partial charge on any atom is 0.243 e. The van der Waals surface area contributed by atoms with E-state index in [2.05, 4.69) is 10.6 Å². The number of nitrogens with one attached hydrogen (secondary N) is 2. The molecule has 2 aliphatic heterocycles. The lowest BCUT2D eigenvalue weighted by Crippen LogP contribution is -2.59. The second kappa shape index (κ2) is 6.26. The Labute approximate surface area is 150 Å². The number of amides is 2. The fourth-order valence-corrected chi connectivity index (χ4v) is 6.82. The van der Waals surface area contributed by atoms with E-state index in [4.69, 9.17) is 0 Å². The topological polar surface area (TPSA) is 61.4 Å². The van der Waals surface area contributed by atoms with Crippen molar-refractivity contribution in [2.45, 2.75) is 75.9 Å². The van der Waals surface area contributed by atoms with Crippen LogP contribution in [0.5, 0.6) is 0 Å². The highest BCUT2D eigenvalue weighted by molar-refractivity contribution is 5.90. The summed E-state index contributed by atoms with van der Waals surface area (Å²) in [6.45, 7) is 1.67. The zero-order valence-electron chi connectivity index (χ0n) is 15.1. The van der Waals surface area contributed by atoms with Crippen LogP contribution in [0.25, 0.3) is 0 Å². The molecule has 0 spiro atoms. The minimum Gasteiger partial charge on any atom is -0.351 e. The van der Waals surface area contributed by atoms with Crippen LogP contribution < -0.4 is 10.6 Å². The van der Waals surface area contributed by atoms with Crippen LogP contribution in [0.15, 0.2) is 0 Å². The zero-order valence-corrected chi connectivity index (χ0v) is 15.1. The monoisotopic (exact) mass is 345 g/mol. The van der Waals surface area contributed by atoms with Gasteiger partial charge in [0.1, 0.15) is 6.04 Å². The first kappa shape index (κ1) is 16.1. The third-order valence-electron chi connectivity index (χ3n) is 7.73. The summed E-state index contributed by atoms with van der Waals surface area (Å²) in [4.78, 5) is 27.7. The summed E-state index contributed by atoms with van der Waals surface area (Å²) < 4.78 is 0. The number of likely N-dealkylation sites (tertiary alicyclic amines) is 1. The van der Waals surface area contributed by atoms with E-state index in [0.29, 0.717) is 17.9 Å². The Bertz CT molecular complexity index is 529. The first-order chi connectivity index (χ1) is 12.2. The molecule has 25 heavy (non-hydrogen) atoms. The van der Waals surface area contributed by atoms with Gasteiger partial charge < -0.3 is 15.5 Å². The third-order valence-corrected chi connectivity index (χ3v) is 7.73. The summed E-state index contributed by atoms with van der Waals surface area (Å²) in [5.74, 6) is 3.52. The average molecular weight is 345 g/mol. The van der Waals surface area contributed by atoms with E-state index in [-0.39, 0.29) is 23.9 Å². The van der Waals surface area contributed by atoms with Crippen LogP contribution in [0, 0.1) is 23.7 Å². The molecule has 0 radical (unpaired) electrons. The molecule has 5 heteroatoms. The van der Waals surface area contributed by atoms with Crippen molar-refractivity contribution in [1.82, 2.24) is 15.5 Å². The first-order valence-electron chi connectivity index (χ1n) is 10.5. The van der Waals surface area contributed by atoms with Crippen LogP contribution in [0.4, 0.5) is 0 Å². The van der Waals surface area contributed by atoms with Crippen molar-refractivity contribution in [3.05, 3.63) is 0 Å². The van der Waals surface area contributed by atoms with E-state index in [9.17, 15) is 9.59 Å². The van der Waals surface area contributed by atoms with Crippen molar-refractivity contribution in [2.24, 2.45) is 23.7 Å². The van der Waals surface area contributed by atoms with Crippen molar-refractivity contribution in [3.8, 4) is 0 Å². The SMILES string of the molecule is O=C(NC1C2CC3CC(C2)CC1C3)[C@H]1CCCN1C(=O)[C@@H]1CCCN1. The molecular weight excluding hydrogens is 314 g/mol. The first-order valence-corrected chi connectivity index (χ1v) is 10.5. The van der Waals surface area contributed by atoms with Crippen molar-refractivity contribution in [2.75, 3.05) is 13.1 Å². The Hall–Kier alpha value is -1.10. The Morgan fingerprint density at radius 1 is 0.920 bits per heavy atom. The Morgan fingerprint density at radius 3 is 2.28 bits per heavy atom. The van der Waals surface area contributed by atoms with Crippen LogP contribution in [0.2, 0.25) is 0 Å². The van der Waals surface area contributed by atoms with Gasteiger partial charge in [0, 0.05) is 12.6 Å². The molecule has 6 aliphatic rings. The lowest BCUT2D eigenvalue weighted by molar-refractivity contribution is -0.141. The second-order valence-corrected chi connectivity index (χ2v) is 9.30. The lowest BCUT2D eigenvalue weighted by Gasteiger charge is -2.54. The van der Waals surface area contributed by atoms with Crippen molar-refractivity contribution >= 4 is 11.8 Å². The van der Waals surface area contributed by atoms with Crippen LogP contribution >= 0.6 is 0 Å². The third kappa shape index (κ3) is 2.79. The molecule has 0 aromatic carbocycles. The smallest absolute Gasteiger partial charge is 0.243 e. The van der Waals surface area contributed by atoms with Crippen molar-refractivity contribution in [1.29, 1.82) is 0 Å². The maximum atomic E-state index is 13.0. The minimum atomic E-state index is -0.230. The average Bonchev–Trinajstić information content (AvgIpc) is 3.27. The van der Waals surface area contributed by atoms with Crippen molar-refractivity contribution in [3.63, 3.8) is 0 Å². The highest BCUT2D eigenvalue weighted by Crippen LogP contribution is 2.53. The zero-order chi connectivity index (χ0) is 17.0. The molecule has 5 nitrogen and oxygen atoms in total. The Morgan fingerprint density at radius 2 is 1.64 bits per heavy atom. The maximum absolute atomic E-state index is 13.0. The predicted molar refractivity (Wildman–Crippen MR) is 94.7 cm³/mol. The highest BCUT2D eigenvalue weighted by Gasteiger charge is 2.49. The van der Waals surface area contributed by atoms with E-state index in [1.54, 1.807) is 0 Å². The van der Waals surface area contributed by atoms with Gasteiger partial charge in [0.15, 0.2) is 0 Å². The predicted octanol–water partition coefficient (Wildman–Crippen LogP) is 1.67. The summed E-state index contributed by atoms with van der Waals surface area (Å²) in [6.07, 6.45) is 10.5. The van der Waals surface area contributed by atoms with E-state index in [1.165, 1.54) is 32.1 Å². The fraction of sp³-hybridized carbons (Fsp3) is 0.900. The molecular formula is C20H31N3O2. The minimum absolute atomic E-state index is 0.0606. The van der Waals surface area contributed by atoms with Gasteiger partial charge in [-0.25, -0.2) is 0 Å². The summed E-state index contributed by atoms with van der Waals surface area (Å²) in [5, 5.41) is 6.72.